The normalized spacial score (nSPS) is 23.8. The van der Waals surface area contributed by atoms with Gasteiger partial charge in [-0.3, -0.25) is 9.69 Å². The lowest BCUT2D eigenvalue weighted by molar-refractivity contribution is -0.140. The summed E-state index contributed by atoms with van der Waals surface area (Å²) in [7, 11) is 0. The molecule has 0 N–H and O–H groups in total. The quantitative estimate of drug-likeness (QED) is 0.805. The molecule has 2 aliphatic rings. The molecule has 4 nitrogen and oxygen atoms in total. The highest BCUT2D eigenvalue weighted by Crippen LogP contribution is 2.33. The van der Waals surface area contributed by atoms with Gasteiger partial charge in [-0.1, -0.05) is 49.4 Å². The van der Waals surface area contributed by atoms with Crippen molar-refractivity contribution in [3.8, 4) is 0 Å². The number of likely N-dealkylation sites (tertiary alicyclic amines) is 1. The zero-order chi connectivity index (χ0) is 19.4. The average molecular weight is 379 g/mol. The number of rotatable bonds is 4. The number of benzene rings is 2. The highest BCUT2D eigenvalue weighted by molar-refractivity contribution is 5.95. The third-order valence-electron chi connectivity index (χ3n) is 6.14. The van der Waals surface area contributed by atoms with Crippen molar-refractivity contribution in [3.05, 3.63) is 65.7 Å². The van der Waals surface area contributed by atoms with Crippen molar-refractivity contribution < 1.29 is 9.53 Å². The first-order chi connectivity index (χ1) is 13.7. The largest absolute Gasteiger partial charge is 0.363 e. The Morgan fingerprint density at radius 2 is 1.71 bits per heavy atom. The van der Waals surface area contributed by atoms with Gasteiger partial charge in [0.05, 0.1) is 12.1 Å². The fourth-order valence-electron chi connectivity index (χ4n) is 4.38. The van der Waals surface area contributed by atoms with Crippen LogP contribution >= 0.6 is 0 Å². The molecule has 4 rings (SSSR count). The molecule has 0 aliphatic carbocycles. The van der Waals surface area contributed by atoms with E-state index in [2.05, 4.69) is 36.1 Å². The van der Waals surface area contributed by atoms with Crippen molar-refractivity contribution in [1.29, 1.82) is 0 Å². The molecule has 0 radical (unpaired) electrons. The van der Waals surface area contributed by atoms with E-state index in [1.54, 1.807) is 0 Å². The van der Waals surface area contributed by atoms with Gasteiger partial charge in [0.15, 0.2) is 0 Å². The Morgan fingerprint density at radius 1 is 0.964 bits per heavy atom. The van der Waals surface area contributed by atoms with Gasteiger partial charge in [-0.25, -0.2) is 0 Å². The lowest BCUT2D eigenvalue weighted by atomic mass is 9.92. The van der Waals surface area contributed by atoms with Gasteiger partial charge in [-0.05, 0) is 55.5 Å². The van der Waals surface area contributed by atoms with Gasteiger partial charge in [-0.15, -0.1) is 0 Å². The smallest absolute Gasteiger partial charge is 0.253 e. The van der Waals surface area contributed by atoms with Gasteiger partial charge in [0, 0.05) is 18.8 Å². The van der Waals surface area contributed by atoms with Crippen LogP contribution in [0, 0.1) is 0 Å². The predicted molar refractivity (Wildman–Crippen MR) is 112 cm³/mol. The summed E-state index contributed by atoms with van der Waals surface area (Å²) in [5.74, 6) is 0.0638. The molecule has 28 heavy (non-hydrogen) atoms. The summed E-state index contributed by atoms with van der Waals surface area (Å²) in [4.78, 5) is 16.9. The molecule has 4 heteroatoms. The summed E-state index contributed by atoms with van der Waals surface area (Å²) >= 11 is 0. The van der Waals surface area contributed by atoms with Crippen molar-refractivity contribution in [2.75, 3.05) is 31.1 Å². The molecule has 0 bridgehead atoms. The van der Waals surface area contributed by atoms with Crippen molar-refractivity contribution in [1.82, 2.24) is 4.90 Å². The van der Waals surface area contributed by atoms with E-state index in [4.69, 9.17) is 4.74 Å². The van der Waals surface area contributed by atoms with Crippen LogP contribution in [-0.2, 0) is 22.5 Å². The number of hydrogen-bond donors (Lipinski definition) is 0. The zero-order valence-electron chi connectivity index (χ0n) is 16.8. The van der Waals surface area contributed by atoms with E-state index >= 15 is 0 Å². The van der Waals surface area contributed by atoms with E-state index < -0.39 is 0 Å². The van der Waals surface area contributed by atoms with E-state index in [1.807, 2.05) is 35.2 Å². The number of carbonyl (C=O) groups excluding carboxylic acids is 1. The maximum absolute atomic E-state index is 12.5. The van der Waals surface area contributed by atoms with E-state index in [9.17, 15) is 4.79 Å². The molecule has 0 aromatic heterocycles. The minimum atomic E-state index is -0.218. The molecule has 2 heterocycles. The van der Waals surface area contributed by atoms with E-state index in [0.29, 0.717) is 6.54 Å². The number of para-hydroxylation sites is 1. The Hall–Kier alpha value is -2.17. The van der Waals surface area contributed by atoms with E-state index in [0.717, 1.165) is 51.0 Å². The number of hydrogen-bond acceptors (Lipinski definition) is 3. The maximum atomic E-state index is 12.5. The molecule has 2 fully saturated rings. The maximum Gasteiger partial charge on any atom is 0.253 e. The average Bonchev–Trinajstić information content (AvgIpc) is 2.93. The lowest BCUT2D eigenvalue weighted by Crippen LogP contribution is -2.55. The van der Waals surface area contributed by atoms with Gasteiger partial charge >= 0.3 is 0 Å². The molecule has 2 aromatic rings. The van der Waals surface area contributed by atoms with Gasteiger partial charge in [-0.2, -0.15) is 0 Å². The third-order valence-corrected chi connectivity index (χ3v) is 6.14. The van der Waals surface area contributed by atoms with Crippen LogP contribution in [0.5, 0.6) is 0 Å². The second-order valence-corrected chi connectivity index (χ2v) is 8.09. The monoisotopic (exact) mass is 378 g/mol. The van der Waals surface area contributed by atoms with Crippen molar-refractivity contribution in [2.24, 2.45) is 0 Å². The summed E-state index contributed by atoms with van der Waals surface area (Å²) < 4.78 is 6.16. The van der Waals surface area contributed by atoms with Gasteiger partial charge in [0.25, 0.3) is 5.91 Å². The van der Waals surface area contributed by atoms with Crippen LogP contribution in [-0.4, -0.2) is 42.6 Å². The Bertz CT molecular complexity index is 790. The van der Waals surface area contributed by atoms with Crippen LogP contribution in [0.4, 0.5) is 5.69 Å². The van der Waals surface area contributed by atoms with E-state index in [1.165, 1.54) is 11.1 Å². The fourth-order valence-corrected chi connectivity index (χ4v) is 4.38. The molecule has 2 aliphatic heterocycles. The number of ether oxygens (including phenoxy) is 1. The van der Waals surface area contributed by atoms with Crippen molar-refractivity contribution in [3.63, 3.8) is 0 Å². The minimum Gasteiger partial charge on any atom is -0.363 e. The molecule has 148 valence electrons. The number of anilines is 1. The lowest BCUT2D eigenvalue weighted by Gasteiger charge is -2.42. The van der Waals surface area contributed by atoms with Crippen LogP contribution in [0.25, 0.3) is 0 Å². The molecular weight excluding hydrogens is 348 g/mol. The molecular formula is C24H30N2O2. The highest BCUT2D eigenvalue weighted by atomic mass is 16.5. The summed E-state index contributed by atoms with van der Waals surface area (Å²) in [5, 5.41) is 0. The third kappa shape index (κ3) is 4.29. The van der Waals surface area contributed by atoms with Crippen LogP contribution in [0.2, 0.25) is 0 Å². The van der Waals surface area contributed by atoms with E-state index in [-0.39, 0.29) is 18.1 Å². The van der Waals surface area contributed by atoms with Crippen molar-refractivity contribution in [2.45, 2.75) is 44.8 Å². The number of carbonyl (C=O) groups is 1. The van der Waals surface area contributed by atoms with Gasteiger partial charge < -0.3 is 9.64 Å². The Balaban J connectivity index is 1.41. The van der Waals surface area contributed by atoms with Crippen LogP contribution < -0.4 is 4.90 Å². The minimum absolute atomic E-state index is 0.0638. The summed E-state index contributed by atoms with van der Waals surface area (Å²) in [5.41, 5.74) is 3.52. The molecule has 1 amide bonds. The summed E-state index contributed by atoms with van der Waals surface area (Å²) in [6.45, 7) is 6.12. The predicted octanol–water partition coefficient (Wildman–Crippen LogP) is 4.04. The SMILES string of the molecule is CCc1ccc(CN2CCCC3(CC2)CN(c2ccccc2)C(=O)CO3)cc1. The summed E-state index contributed by atoms with van der Waals surface area (Å²) in [6.07, 6.45) is 4.16. The summed E-state index contributed by atoms with van der Waals surface area (Å²) in [6, 6.07) is 19.0. The highest BCUT2D eigenvalue weighted by Gasteiger charge is 2.41. The standard InChI is InChI=1S/C24H30N2O2/c1-2-20-9-11-21(12-10-20)17-25-15-6-13-24(14-16-25)19-26(23(27)18-28-24)22-7-4-3-5-8-22/h3-5,7-12H,2,6,13-19H2,1H3. The van der Waals surface area contributed by atoms with Gasteiger partial charge in [0.1, 0.15) is 6.61 Å². The first kappa shape index (κ1) is 19.2. The number of morpholine rings is 1. The van der Waals surface area contributed by atoms with Gasteiger partial charge in [0.2, 0.25) is 0 Å². The molecule has 1 atom stereocenters. The molecule has 1 spiro atoms. The fraction of sp³-hybridized carbons (Fsp3) is 0.458. The number of amides is 1. The topological polar surface area (TPSA) is 32.8 Å². The van der Waals surface area contributed by atoms with Crippen LogP contribution in [0.15, 0.2) is 54.6 Å². The molecule has 2 saturated heterocycles. The second-order valence-electron chi connectivity index (χ2n) is 8.09. The van der Waals surface area contributed by atoms with Crippen molar-refractivity contribution >= 4 is 11.6 Å². The second kappa shape index (κ2) is 8.46. The van der Waals surface area contributed by atoms with Crippen LogP contribution in [0.1, 0.15) is 37.3 Å². The Morgan fingerprint density at radius 3 is 2.46 bits per heavy atom. The first-order valence-electron chi connectivity index (χ1n) is 10.5. The van der Waals surface area contributed by atoms with Crippen LogP contribution in [0.3, 0.4) is 0 Å². The molecule has 1 unspecified atom stereocenters. The Labute approximate surface area is 168 Å². The molecule has 0 saturated carbocycles. The zero-order valence-corrected chi connectivity index (χ0v) is 16.8. The Kier molecular flexibility index (Phi) is 5.79. The number of nitrogens with zero attached hydrogens (tertiary/aromatic N) is 2. The first-order valence-corrected chi connectivity index (χ1v) is 10.5. The number of aryl methyl sites for hydroxylation is 1. The molecule has 2 aromatic carbocycles.